The molecule has 2 N–H and O–H groups in total. The van der Waals surface area contributed by atoms with Crippen LogP contribution in [0.3, 0.4) is 0 Å². The summed E-state index contributed by atoms with van der Waals surface area (Å²) in [4.78, 5) is 12.8. The summed E-state index contributed by atoms with van der Waals surface area (Å²) in [5.41, 5.74) is 6.99. The summed E-state index contributed by atoms with van der Waals surface area (Å²) < 4.78 is 16.7. The molecule has 0 bridgehead atoms. The lowest BCUT2D eigenvalue weighted by molar-refractivity contribution is 0.363. The van der Waals surface area contributed by atoms with Crippen LogP contribution in [0.25, 0.3) is 11.0 Å². The Morgan fingerprint density at radius 1 is 1.21 bits per heavy atom. The molecule has 0 saturated carbocycles. The van der Waals surface area contributed by atoms with E-state index in [2.05, 4.69) is 12.6 Å². The summed E-state index contributed by atoms with van der Waals surface area (Å²) in [6.45, 7) is 4.00. The molecule has 1 aliphatic rings. The molecule has 6 heteroatoms. The van der Waals surface area contributed by atoms with Crippen molar-refractivity contribution in [3.63, 3.8) is 0 Å². The number of nitriles is 1. The van der Waals surface area contributed by atoms with Gasteiger partial charge in [-0.05, 0) is 29.8 Å². The third kappa shape index (κ3) is 2.79. The van der Waals surface area contributed by atoms with Crippen molar-refractivity contribution in [2.24, 2.45) is 5.73 Å². The molecule has 0 saturated heterocycles. The molecule has 28 heavy (non-hydrogen) atoms. The van der Waals surface area contributed by atoms with Gasteiger partial charge in [-0.2, -0.15) is 5.26 Å². The fourth-order valence-corrected chi connectivity index (χ4v) is 3.31. The van der Waals surface area contributed by atoms with Crippen LogP contribution in [0.1, 0.15) is 17.0 Å². The number of allylic oxidation sites excluding steroid dienone is 1. The number of para-hydroxylation sites is 1. The summed E-state index contributed by atoms with van der Waals surface area (Å²) in [5.74, 6) is 0.253. The summed E-state index contributed by atoms with van der Waals surface area (Å²) in [5, 5.41) is 10.3. The first-order chi connectivity index (χ1) is 13.6. The highest BCUT2D eigenvalue weighted by atomic mass is 16.5. The predicted molar refractivity (Wildman–Crippen MR) is 104 cm³/mol. The van der Waals surface area contributed by atoms with E-state index in [9.17, 15) is 10.1 Å². The standard InChI is InChI=1S/C22H16N2O4/c1-2-11-26-14-9-7-13(8-10-14)18-16(12-23)21(24)28-20-15-5-3-4-6-17(15)27-22(25)19(18)20/h2-10,18H,1,11,24H2/t18-/m1/s1. The van der Waals surface area contributed by atoms with Gasteiger partial charge in [-0.25, -0.2) is 4.79 Å². The van der Waals surface area contributed by atoms with E-state index < -0.39 is 11.5 Å². The van der Waals surface area contributed by atoms with Crippen molar-refractivity contribution in [3.8, 4) is 17.6 Å². The molecule has 6 nitrogen and oxygen atoms in total. The van der Waals surface area contributed by atoms with Crippen LogP contribution >= 0.6 is 0 Å². The zero-order valence-electron chi connectivity index (χ0n) is 14.8. The molecule has 1 aliphatic heterocycles. The third-order valence-electron chi connectivity index (χ3n) is 4.56. The molecule has 0 spiro atoms. The SMILES string of the molecule is C=CCOc1ccc([C@@H]2C(C#N)=C(N)Oc3c2c(=O)oc2ccccc32)cc1. The van der Waals surface area contributed by atoms with Gasteiger partial charge >= 0.3 is 5.63 Å². The van der Waals surface area contributed by atoms with E-state index >= 15 is 0 Å². The first-order valence-corrected chi connectivity index (χ1v) is 8.61. The normalized spacial score (nSPS) is 15.5. The minimum atomic E-state index is -0.692. The zero-order chi connectivity index (χ0) is 19.7. The number of ether oxygens (including phenoxy) is 2. The highest BCUT2D eigenvalue weighted by molar-refractivity contribution is 5.86. The minimum Gasteiger partial charge on any atom is -0.490 e. The largest absolute Gasteiger partial charge is 0.490 e. The van der Waals surface area contributed by atoms with Crippen LogP contribution in [0.2, 0.25) is 0 Å². The van der Waals surface area contributed by atoms with Crippen LogP contribution < -0.4 is 20.8 Å². The van der Waals surface area contributed by atoms with E-state index in [1.165, 1.54) is 0 Å². The number of fused-ring (bicyclic) bond motifs is 3. The van der Waals surface area contributed by atoms with E-state index in [0.717, 1.165) is 0 Å². The molecule has 0 unspecified atom stereocenters. The smallest absolute Gasteiger partial charge is 0.344 e. The number of hydrogen-bond donors (Lipinski definition) is 1. The Bertz CT molecular complexity index is 1200. The molecule has 0 fully saturated rings. The second kappa shape index (κ2) is 6.97. The maximum atomic E-state index is 12.8. The quantitative estimate of drug-likeness (QED) is 0.555. The summed E-state index contributed by atoms with van der Waals surface area (Å²) in [6.07, 6.45) is 1.65. The Balaban J connectivity index is 1.92. The fraction of sp³-hybridized carbons (Fsp3) is 0.0909. The Hall–Kier alpha value is -3.98. The minimum absolute atomic E-state index is 0.0252. The average molecular weight is 372 g/mol. The summed E-state index contributed by atoms with van der Waals surface area (Å²) in [6, 6.07) is 16.2. The van der Waals surface area contributed by atoms with Gasteiger partial charge in [0.15, 0.2) is 5.75 Å². The predicted octanol–water partition coefficient (Wildman–Crippen LogP) is 3.58. The number of rotatable bonds is 4. The maximum Gasteiger partial charge on any atom is 0.344 e. The molecule has 3 aromatic rings. The topological polar surface area (TPSA) is 98.5 Å². The van der Waals surface area contributed by atoms with Crippen LogP contribution in [0, 0.1) is 11.3 Å². The molecule has 1 aromatic heterocycles. The van der Waals surface area contributed by atoms with Gasteiger partial charge in [0.25, 0.3) is 0 Å². The van der Waals surface area contributed by atoms with Gasteiger partial charge in [0.2, 0.25) is 5.88 Å². The van der Waals surface area contributed by atoms with Gasteiger partial charge in [0.1, 0.15) is 29.6 Å². The van der Waals surface area contributed by atoms with Crippen LogP contribution in [-0.2, 0) is 0 Å². The van der Waals surface area contributed by atoms with Crippen LogP contribution in [0.5, 0.6) is 11.5 Å². The Morgan fingerprint density at radius 3 is 2.68 bits per heavy atom. The van der Waals surface area contributed by atoms with Crippen molar-refractivity contribution >= 4 is 11.0 Å². The van der Waals surface area contributed by atoms with E-state index in [-0.39, 0.29) is 17.0 Å². The van der Waals surface area contributed by atoms with Crippen LogP contribution in [0.15, 0.2) is 81.9 Å². The lowest BCUT2D eigenvalue weighted by Gasteiger charge is -2.26. The number of nitrogens with two attached hydrogens (primary N) is 1. The Morgan fingerprint density at radius 2 is 1.96 bits per heavy atom. The summed E-state index contributed by atoms with van der Waals surface area (Å²) >= 11 is 0. The highest BCUT2D eigenvalue weighted by Gasteiger charge is 2.35. The van der Waals surface area contributed by atoms with E-state index in [0.29, 0.717) is 34.6 Å². The van der Waals surface area contributed by atoms with Gasteiger partial charge in [-0.15, -0.1) is 0 Å². The van der Waals surface area contributed by atoms with Crippen LogP contribution in [-0.4, -0.2) is 6.61 Å². The molecule has 1 atom stereocenters. The first kappa shape index (κ1) is 17.4. The summed E-state index contributed by atoms with van der Waals surface area (Å²) in [7, 11) is 0. The number of benzene rings is 2. The highest BCUT2D eigenvalue weighted by Crippen LogP contribution is 2.43. The first-order valence-electron chi connectivity index (χ1n) is 8.61. The third-order valence-corrected chi connectivity index (χ3v) is 4.56. The Kier molecular flexibility index (Phi) is 4.34. The zero-order valence-corrected chi connectivity index (χ0v) is 14.8. The van der Waals surface area contributed by atoms with Gasteiger partial charge in [0.05, 0.1) is 16.9 Å². The molecule has 2 aromatic carbocycles. The van der Waals surface area contributed by atoms with Crippen molar-refractivity contribution in [3.05, 3.63) is 94.2 Å². The van der Waals surface area contributed by atoms with Crippen molar-refractivity contribution in [2.45, 2.75) is 5.92 Å². The molecular weight excluding hydrogens is 356 g/mol. The molecular formula is C22H16N2O4. The van der Waals surface area contributed by atoms with Gasteiger partial charge in [-0.1, -0.05) is 36.9 Å². The second-order valence-electron chi connectivity index (χ2n) is 6.22. The second-order valence-corrected chi connectivity index (χ2v) is 6.22. The lowest BCUT2D eigenvalue weighted by atomic mass is 9.84. The molecule has 4 rings (SSSR count). The van der Waals surface area contributed by atoms with Crippen LogP contribution in [0.4, 0.5) is 0 Å². The monoisotopic (exact) mass is 372 g/mol. The molecule has 138 valence electrons. The van der Waals surface area contributed by atoms with Gasteiger partial charge in [0, 0.05) is 0 Å². The number of hydrogen-bond acceptors (Lipinski definition) is 6. The van der Waals surface area contributed by atoms with E-state index in [1.54, 1.807) is 48.5 Å². The van der Waals surface area contributed by atoms with Crippen molar-refractivity contribution in [2.75, 3.05) is 6.61 Å². The van der Waals surface area contributed by atoms with E-state index in [1.807, 2.05) is 6.07 Å². The molecule has 0 aliphatic carbocycles. The maximum absolute atomic E-state index is 12.8. The average Bonchev–Trinajstić information content (AvgIpc) is 2.72. The number of nitrogens with zero attached hydrogens (tertiary/aromatic N) is 1. The lowest BCUT2D eigenvalue weighted by Crippen LogP contribution is -2.26. The fourth-order valence-electron chi connectivity index (χ4n) is 3.31. The van der Waals surface area contributed by atoms with Gasteiger partial charge in [-0.3, -0.25) is 0 Å². The molecule has 0 amide bonds. The Labute approximate surface area is 160 Å². The van der Waals surface area contributed by atoms with Gasteiger partial charge < -0.3 is 19.6 Å². The van der Waals surface area contributed by atoms with Crippen molar-refractivity contribution in [1.82, 2.24) is 0 Å². The van der Waals surface area contributed by atoms with E-state index in [4.69, 9.17) is 19.6 Å². The van der Waals surface area contributed by atoms with Crippen molar-refractivity contribution in [1.29, 1.82) is 5.26 Å². The van der Waals surface area contributed by atoms with Crippen molar-refractivity contribution < 1.29 is 13.9 Å². The molecule has 2 heterocycles. The molecule has 0 radical (unpaired) electrons.